The lowest BCUT2D eigenvalue weighted by Gasteiger charge is -2.11. The highest BCUT2D eigenvalue weighted by Crippen LogP contribution is 2.25. The summed E-state index contributed by atoms with van der Waals surface area (Å²) in [6.07, 6.45) is 0.829. The Morgan fingerprint density at radius 3 is 2.37 bits per heavy atom. The van der Waals surface area contributed by atoms with Gasteiger partial charge in [-0.3, -0.25) is 0 Å². The Morgan fingerprint density at radius 1 is 1.05 bits per heavy atom. The molecule has 19 heavy (non-hydrogen) atoms. The molecule has 0 aliphatic rings. The number of benzene rings is 2. The van der Waals surface area contributed by atoms with Gasteiger partial charge in [0, 0.05) is 11.5 Å². The normalized spacial score (nSPS) is 11.6. The average Bonchev–Trinajstić information content (AvgIpc) is 2.48. The minimum atomic E-state index is -0.425. The van der Waals surface area contributed by atoms with Gasteiger partial charge in [-0.15, -0.1) is 0 Å². The molecular formula is C16H14O3. The number of esters is 1. The predicted octanol–water partition coefficient (Wildman–Crippen LogP) is 3.21. The fraction of sp³-hybridized carbons (Fsp3) is 0.125. The van der Waals surface area contributed by atoms with Crippen molar-refractivity contribution in [3.05, 3.63) is 65.7 Å². The van der Waals surface area contributed by atoms with Gasteiger partial charge in [-0.2, -0.15) is 0 Å². The first-order valence-corrected chi connectivity index (χ1v) is 6.04. The summed E-state index contributed by atoms with van der Waals surface area (Å²) in [7, 11) is 0. The van der Waals surface area contributed by atoms with Crippen LogP contribution in [0.2, 0.25) is 0 Å². The molecule has 0 heterocycles. The van der Waals surface area contributed by atoms with Gasteiger partial charge in [0.05, 0.1) is 5.56 Å². The zero-order valence-electron chi connectivity index (χ0n) is 10.6. The number of carbonyl (C=O) groups excluding carboxylic acids is 2. The second-order valence-electron chi connectivity index (χ2n) is 4.22. The highest BCUT2D eigenvalue weighted by atomic mass is 16.5. The van der Waals surface area contributed by atoms with Crippen LogP contribution in [0.4, 0.5) is 0 Å². The third-order valence-corrected chi connectivity index (χ3v) is 2.83. The van der Waals surface area contributed by atoms with Crippen molar-refractivity contribution >= 4 is 12.3 Å². The molecule has 1 atom stereocenters. The van der Waals surface area contributed by atoms with Gasteiger partial charge in [-0.1, -0.05) is 43.3 Å². The van der Waals surface area contributed by atoms with Gasteiger partial charge in [-0.25, -0.2) is 4.79 Å². The van der Waals surface area contributed by atoms with E-state index in [1.807, 2.05) is 12.1 Å². The number of rotatable bonds is 4. The zero-order chi connectivity index (χ0) is 13.7. The molecule has 0 radical (unpaired) electrons. The van der Waals surface area contributed by atoms with Gasteiger partial charge in [0.15, 0.2) is 0 Å². The monoisotopic (exact) mass is 254 g/mol. The molecule has 3 nitrogen and oxygen atoms in total. The first kappa shape index (κ1) is 13.0. The van der Waals surface area contributed by atoms with Crippen LogP contribution in [-0.4, -0.2) is 12.3 Å². The van der Waals surface area contributed by atoms with E-state index in [1.165, 1.54) is 0 Å². The highest BCUT2D eigenvalue weighted by molar-refractivity contribution is 5.91. The smallest absolute Gasteiger partial charge is 0.343 e. The molecule has 0 bridgehead atoms. The topological polar surface area (TPSA) is 43.4 Å². The first-order chi connectivity index (χ1) is 9.22. The maximum Gasteiger partial charge on any atom is 0.343 e. The lowest BCUT2D eigenvalue weighted by Crippen LogP contribution is -2.10. The molecule has 2 aromatic rings. The molecule has 3 heteroatoms. The van der Waals surface area contributed by atoms with Gasteiger partial charge >= 0.3 is 5.97 Å². The number of hydrogen-bond acceptors (Lipinski definition) is 3. The maximum absolute atomic E-state index is 12.0. The van der Waals surface area contributed by atoms with Crippen LogP contribution in [0.5, 0.6) is 5.75 Å². The van der Waals surface area contributed by atoms with Gasteiger partial charge in [0.25, 0.3) is 0 Å². The van der Waals surface area contributed by atoms with Crippen LogP contribution in [-0.2, 0) is 4.79 Å². The molecule has 0 aliphatic heterocycles. The summed E-state index contributed by atoms with van der Waals surface area (Å²) in [6, 6.07) is 15.8. The Hall–Kier alpha value is -2.42. The minimum Gasteiger partial charge on any atom is -0.423 e. The van der Waals surface area contributed by atoms with Gasteiger partial charge in [0.2, 0.25) is 0 Å². The van der Waals surface area contributed by atoms with E-state index >= 15 is 0 Å². The molecule has 2 aromatic carbocycles. The summed E-state index contributed by atoms with van der Waals surface area (Å²) in [5.41, 5.74) is 1.19. The number of para-hydroxylation sites is 1. The van der Waals surface area contributed by atoms with Gasteiger partial charge < -0.3 is 9.53 Å². The Labute approximate surface area is 111 Å². The molecule has 0 saturated heterocycles. The van der Waals surface area contributed by atoms with Crippen LogP contribution in [0.3, 0.4) is 0 Å². The van der Waals surface area contributed by atoms with Gasteiger partial charge in [0.1, 0.15) is 12.0 Å². The summed E-state index contributed by atoms with van der Waals surface area (Å²) < 4.78 is 5.36. The van der Waals surface area contributed by atoms with Crippen molar-refractivity contribution in [1.29, 1.82) is 0 Å². The molecular weight excluding hydrogens is 240 g/mol. The van der Waals surface area contributed by atoms with Crippen LogP contribution in [0.25, 0.3) is 0 Å². The Morgan fingerprint density at radius 2 is 1.68 bits per heavy atom. The molecule has 1 unspecified atom stereocenters. The van der Waals surface area contributed by atoms with Crippen molar-refractivity contribution in [2.75, 3.05) is 0 Å². The Bertz CT molecular complexity index is 576. The quantitative estimate of drug-likeness (QED) is 0.478. The second kappa shape index (κ2) is 5.96. The summed E-state index contributed by atoms with van der Waals surface area (Å²) in [4.78, 5) is 22.8. The standard InChI is InChI=1S/C16H14O3/c1-12(11-17)14-9-5-6-10-15(14)19-16(18)13-7-3-2-4-8-13/h2-12H,1H3. The molecule has 0 aromatic heterocycles. The number of carbonyl (C=O) groups is 2. The van der Waals surface area contributed by atoms with Crippen molar-refractivity contribution in [2.45, 2.75) is 12.8 Å². The number of hydrogen-bond donors (Lipinski definition) is 0. The molecule has 0 saturated carbocycles. The molecule has 2 rings (SSSR count). The van der Waals surface area contributed by atoms with Crippen LogP contribution >= 0.6 is 0 Å². The maximum atomic E-state index is 12.0. The molecule has 0 fully saturated rings. The van der Waals surface area contributed by atoms with Crippen LogP contribution < -0.4 is 4.74 Å². The fourth-order valence-electron chi connectivity index (χ4n) is 1.76. The Balaban J connectivity index is 2.24. The third-order valence-electron chi connectivity index (χ3n) is 2.83. The molecule has 96 valence electrons. The van der Waals surface area contributed by atoms with E-state index in [2.05, 4.69) is 0 Å². The van der Waals surface area contributed by atoms with Crippen LogP contribution in [0.15, 0.2) is 54.6 Å². The third kappa shape index (κ3) is 3.07. The van der Waals surface area contributed by atoms with Gasteiger partial charge in [-0.05, 0) is 18.2 Å². The first-order valence-electron chi connectivity index (χ1n) is 6.04. The fourth-order valence-corrected chi connectivity index (χ4v) is 1.76. The van der Waals surface area contributed by atoms with E-state index in [1.54, 1.807) is 49.4 Å². The van der Waals surface area contributed by atoms with E-state index in [4.69, 9.17) is 4.74 Å². The summed E-state index contributed by atoms with van der Waals surface area (Å²) in [5, 5.41) is 0. The molecule has 0 amide bonds. The summed E-state index contributed by atoms with van der Waals surface area (Å²) >= 11 is 0. The van der Waals surface area contributed by atoms with E-state index in [0.717, 1.165) is 6.29 Å². The van der Waals surface area contributed by atoms with Crippen molar-refractivity contribution < 1.29 is 14.3 Å². The summed E-state index contributed by atoms with van der Waals surface area (Å²) in [5.74, 6) is -0.304. The lowest BCUT2D eigenvalue weighted by atomic mass is 10.0. The average molecular weight is 254 g/mol. The molecule has 0 spiro atoms. The summed E-state index contributed by atoms with van der Waals surface area (Å²) in [6.45, 7) is 1.77. The predicted molar refractivity (Wildman–Crippen MR) is 72.3 cm³/mol. The van der Waals surface area contributed by atoms with Crippen LogP contribution in [0, 0.1) is 0 Å². The van der Waals surface area contributed by atoms with E-state index < -0.39 is 5.97 Å². The molecule has 0 N–H and O–H groups in total. The van der Waals surface area contributed by atoms with E-state index in [-0.39, 0.29) is 5.92 Å². The van der Waals surface area contributed by atoms with Crippen molar-refractivity contribution in [3.63, 3.8) is 0 Å². The molecule has 0 aliphatic carbocycles. The zero-order valence-corrected chi connectivity index (χ0v) is 10.6. The second-order valence-corrected chi connectivity index (χ2v) is 4.22. The van der Waals surface area contributed by atoms with Crippen LogP contribution in [0.1, 0.15) is 28.8 Å². The van der Waals surface area contributed by atoms with E-state index in [0.29, 0.717) is 16.9 Å². The highest BCUT2D eigenvalue weighted by Gasteiger charge is 2.14. The lowest BCUT2D eigenvalue weighted by molar-refractivity contribution is -0.108. The SMILES string of the molecule is CC(C=O)c1ccccc1OC(=O)c1ccccc1. The number of ether oxygens (including phenoxy) is 1. The van der Waals surface area contributed by atoms with Crippen molar-refractivity contribution in [1.82, 2.24) is 0 Å². The minimum absolute atomic E-state index is 0.306. The van der Waals surface area contributed by atoms with E-state index in [9.17, 15) is 9.59 Å². The number of aldehydes is 1. The van der Waals surface area contributed by atoms with Crippen molar-refractivity contribution in [2.24, 2.45) is 0 Å². The Kier molecular flexibility index (Phi) is 4.08. The largest absolute Gasteiger partial charge is 0.423 e. The van der Waals surface area contributed by atoms with Crippen molar-refractivity contribution in [3.8, 4) is 5.75 Å².